The first-order valence-electron chi connectivity index (χ1n) is 9.22. The number of nitrogens with one attached hydrogen (secondary N) is 2. The number of benzene rings is 2. The summed E-state index contributed by atoms with van der Waals surface area (Å²) in [5.74, 6) is -0.403. The molecule has 4 rings (SSSR count). The van der Waals surface area contributed by atoms with E-state index in [2.05, 4.69) is 10.6 Å². The lowest BCUT2D eigenvalue weighted by Gasteiger charge is -2.14. The third kappa shape index (κ3) is 3.94. The molecule has 30 heavy (non-hydrogen) atoms. The van der Waals surface area contributed by atoms with Crippen molar-refractivity contribution in [1.82, 2.24) is 5.32 Å². The SMILES string of the molecule is C[C@@H](NC(=O)c1ccc(-c2cccc(C(F)(F)F)c2)o1)c1ccc2c(c1)CC(=O)N2. The number of alkyl halides is 3. The van der Waals surface area contributed by atoms with Crippen LogP contribution in [0.1, 0.15) is 40.2 Å². The predicted molar refractivity (Wildman–Crippen MR) is 104 cm³/mol. The van der Waals surface area contributed by atoms with E-state index in [4.69, 9.17) is 4.42 Å². The zero-order valence-electron chi connectivity index (χ0n) is 15.8. The molecular formula is C22H17F3N2O3. The normalized spacial score (nSPS) is 14.2. The largest absolute Gasteiger partial charge is 0.451 e. The number of fused-ring (bicyclic) bond motifs is 1. The van der Waals surface area contributed by atoms with E-state index < -0.39 is 17.6 Å². The Morgan fingerprint density at radius 2 is 1.93 bits per heavy atom. The van der Waals surface area contributed by atoms with Crippen LogP contribution in [0.5, 0.6) is 0 Å². The van der Waals surface area contributed by atoms with Crippen LogP contribution in [-0.2, 0) is 17.4 Å². The Morgan fingerprint density at radius 3 is 2.70 bits per heavy atom. The number of halogens is 3. The lowest BCUT2D eigenvalue weighted by atomic mass is 10.0. The highest BCUT2D eigenvalue weighted by atomic mass is 19.4. The third-order valence-corrected chi connectivity index (χ3v) is 4.91. The van der Waals surface area contributed by atoms with E-state index >= 15 is 0 Å². The predicted octanol–water partition coefficient (Wildman–Crippen LogP) is 4.95. The maximum absolute atomic E-state index is 12.9. The molecule has 2 aromatic carbocycles. The van der Waals surface area contributed by atoms with Gasteiger partial charge in [0.05, 0.1) is 18.0 Å². The average molecular weight is 414 g/mol. The second-order valence-electron chi connectivity index (χ2n) is 7.08. The molecule has 1 aromatic heterocycles. The zero-order chi connectivity index (χ0) is 21.5. The molecule has 0 saturated heterocycles. The molecule has 5 nitrogen and oxygen atoms in total. The number of hydrogen-bond donors (Lipinski definition) is 2. The van der Waals surface area contributed by atoms with Crippen molar-refractivity contribution in [3.05, 3.63) is 77.0 Å². The van der Waals surface area contributed by atoms with Crippen LogP contribution in [0, 0.1) is 0 Å². The van der Waals surface area contributed by atoms with Crippen LogP contribution in [0.4, 0.5) is 18.9 Å². The van der Waals surface area contributed by atoms with Gasteiger partial charge in [-0.1, -0.05) is 24.3 Å². The first-order valence-corrected chi connectivity index (χ1v) is 9.22. The van der Waals surface area contributed by atoms with Crippen LogP contribution in [0.25, 0.3) is 11.3 Å². The second-order valence-corrected chi connectivity index (χ2v) is 7.08. The fraction of sp³-hybridized carbons (Fsp3) is 0.182. The van der Waals surface area contributed by atoms with Crippen LogP contribution >= 0.6 is 0 Å². The molecule has 1 atom stereocenters. The summed E-state index contributed by atoms with van der Waals surface area (Å²) < 4.78 is 44.2. The molecule has 0 unspecified atom stereocenters. The minimum Gasteiger partial charge on any atom is -0.451 e. The van der Waals surface area contributed by atoms with Crippen molar-refractivity contribution in [1.29, 1.82) is 0 Å². The molecule has 0 radical (unpaired) electrons. The summed E-state index contributed by atoms with van der Waals surface area (Å²) in [6.07, 6.45) is -4.17. The van der Waals surface area contributed by atoms with Crippen molar-refractivity contribution < 1.29 is 27.2 Å². The number of amides is 2. The number of rotatable bonds is 4. The minimum absolute atomic E-state index is 0.00716. The topological polar surface area (TPSA) is 71.3 Å². The quantitative estimate of drug-likeness (QED) is 0.635. The Balaban J connectivity index is 1.48. The van der Waals surface area contributed by atoms with Crippen LogP contribution < -0.4 is 10.6 Å². The number of carbonyl (C=O) groups is 2. The summed E-state index contributed by atoms with van der Waals surface area (Å²) in [7, 11) is 0. The molecule has 0 fully saturated rings. The molecule has 154 valence electrons. The Kier molecular flexibility index (Phi) is 4.85. The molecule has 0 aliphatic carbocycles. The maximum Gasteiger partial charge on any atom is 0.416 e. The Bertz CT molecular complexity index is 1130. The van der Waals surface area contributed by atoms with Crippen LogP contribution in [-0.4, -0.2) is 11.8 Å². The highest BCUT2D eigenvalue weighted by molar-refractivity contribution is 5.99. The molecule has 1 aliphatic heterocycles. The summed E-state index contributed by atoms with van der Waals surface area (Å²) in [5, 5.41) is 5.55. The summed E-state index contributed by atoms with van der Waals surface area (Å²) in [5.41, 5.74) is 1.89. The van der Waals surface area contributed by atoms with Gasteiger partial charge < -0.3 is 15.1 Å². The number of furan rings is 1. The van der Waals surface area contributed by atoms with Gasteiger partial charge in [0.25, 0.3) is 5.91 Å². The maximum atomic E-state index is 12.9. The van der Waals surface area contributed by atoms with E-state index in [9.17, 15) is 22.8 Å². The highest BCUT2D eigenvalue weighted by Gasteiger charge is 2.30. The molecule has 8 heteroatoms. The van der Waals surface area contributed by atoms with E-state index in [-0.39, 0.29) is 29.0 Å². The van der Waals surface area contributed by atoms with Gasteiger partial charge >= 0.3 is 6.18 Å². The van der Waals surface area contributed by atoms with Gasteiger partial charge in [0.2, 0.25) is 5.91 Å². The molecule has 2 heterocycles. The van der Waals surface area contributed by atoms with Gasteiger partial charge in [-0.15, -0.1) is 0 Å². The Labute approximate surface area is 169 Å². The molecule has 0 saturated carbocycles. The van der Waals surface area contributed by atoms with Crippen molar-refractivity contribution in [2.24, 2.45) is 0 Å². The molecule has 0 spiro atoms. The summed E-state index contributed by atoms with van der Waals surface area (Å²) >= 11 is 0. The van der Waals surface area contributed by atoms with Crippen molar-refractivity contribution in [2.75, 3.05) is 5.32 Å². The molecule has 1 aliphatic rings. The van der Waals surface area contributed by atoms with Gasteiger partial charge in [0.1, 0.15) is 5.76 Å². The lowest BCUT2D eigenvalue weighted by molar-refractivity contribution is -0.137. The van der Waals surface area contributed by atoms with Gasteiger partial charge in [-0.2, -0.15) is 13.2 Å². The fourth-order valence-corrected chi connectivity index (χ4v) is 3.33. The van der Waals surface area contributed by atoms with Crippen molar-refractivity contribution in [2.45, 2.75) is 25.6 Å². The van der Waals surface area contributed by atoms with Crippen molar-refractivity contribution >= 4 is 17.5 Å². The molecule has 0 bridgehead atoms. The number of hydrogen-bond acceptors (Lipinski definition) is 3. The summed E-state index contributed by atoms with van der Waals surface area (Å²) in [6, 6.07) is 12.7. The molecule has 2 amide bonds. The highest BCUT2D eigenvalue weighted by Crippen LogP contribution is 2.33. The second kappa shape index (κ2) is 7.37. The first-order chi connectivity index (χ1) is 14.2. The van der Waals surface area contributed by atoms with Gasteiger partial charge in [0, 0.05) is 11.3 Å². The van der Waals surface area contributed by atoms with E-state index in [1.807, 2.05) is 12.1 Å². The van der Waals surface area contributed by atoms with E-state index in [1.165, 1.54) is 24.3 Å². The molecular weight excluding hydrogens is 397 g/mol. The Morgan fingerprint density at radius 1 is 1.13 bits per heavy atom. The fourth-order valence-electron chi connectivity index (χ4n) is 3.33. The third-order valence-electron chi connectivity index (χ3n) is 4.91. The van der Waals surface area contributed by atoms with Crippen molar-refractivity contribution in [3.63, 3.8) is 0 Å². The summed E-state index contributed by atoms with van der Waals surface area (Å²) in [6.45, 7) is 1.79. The number of carbonyl (C=O) groups excluding carboxylic acids is 2. The van der Waals surface area contributed by atoms with Crippen molar-refractivity contribution in [3.8, 4) is 11.3 Å². The van der Waals surface area contributed by atoms with Crippen LogP contribution in [0.2, 0.25) is 0 Å². The number of anilines is 1. The van der Waals surface area contributed by atoms with Gasteiger partial charge in [-0.25, -0.2) is 0 Å². The van der Waals surface area contributed by atoms with E-state index in [0.29, 0.717) is 6.42 Å². The van der Waals surface area contributed by atoms with E-state index in [0.717, 1.165) is 28.9 Å². The zero-order valence-corrected chi connectivity index (χ0v) is 15.8. The minimum atomic E-state index is -4.46. The van der Waals surface area contributed by atoms with Gasteiger partial charge in [-0.05, 0) is 48.4 Å². The standard InChI is InChI=1S/C22H17F3N2O3/c1-12(13-5-6-17-15(9-13)11-20(28)27-17)26-21(29)19-8-7-18(30-19)14-3-2-4-16(10-14)22(23,24)25/h2-10,12H,11H2,1H3,(H,26,29)(H,27,28)/t12-/m1/s1. The van der Waals surface area contributed by atoms with Gasteiger partial charge in [-0.3, -0.25) is 9.59 Å². The Hall–Kier alpha value is -3.55. The van der Waals surface area contributed by atoms with Crippen LogP contribution in [0.15, 0.2) is 59.0 Å². The monoisotopic (exact) mass is 414 g/mol. The molecule has 2 N–H and O–H groups in total. The molecule has 3 aromatic rings. The van der Waals surface area contributed by atoms with Gasteiger partial charge in [0.15, 0.2) is 5.76 Å². The average Bonchev–Trinajstić information content (AvgIpc) is 3.32. The van der Waals surface area contributed by atoms with E-state index in [1.54, 1.807) is 13.0 Å². The van der Waals surface area contributed by atoms with Crippen LogP contribution in [0.3, 0.4) is 0 Å². The first kappa shape index (κ1) is 19.8. The summed E-state index contributed by atoms with van der Waals surface area (Å²) in [4.78, 5) is 24.0. The smallest absolute Gasteiger partial charge is 0.416 e. The lowest BCUT2D eigenvalue weighted by Crippen LogP contribution is -2.26.